The van der Waals surface area contributed by atoms with Crippen molar-refractivity contribution in [3.8, 4) is 5.75 Å². The number of hydrogen-bond acceptors (Lipinski definition) is 4. The zero-order valence-electron chi connectivity index (χ0n) is 14.0. The van der Waals surface area contributed by atoms with Crippen LogP contribution in [-0.2, 0) is 13.1 Å². The number of aryl methyl sites for hydroxylation is 1. The van der Waals surface area contributed by atoms with E-state index in [1.54, 1.807) is 25.4 Å². The highest BCUT2D eigenvalue weighted by molar-refractivity contribution is 5.74. The lowest BCUT2D eigenvalue weighted by atomic mass is 10.1. The molecule has 2 rings (SSSR count). The molecule has 0 spiro atoms. The molecule has 0 unspecified atom stereocenters. The maximum Gasteiger partial charge on any atom is 0.318 e. The lowest BCUT2D eigenvalue weighted by Gasteiger charge is -2.26. The van der Waals surface area contributed by atoms with Crippen LogP contribution in [0, 0.1) is 0 Å². The Labute approximate surface area is 136 Å². The second kappa shape index (κ2) is 7.62. The van der Waals surface area contributed by atoms with Gasteiger partial charge >= 0.3 is 6.03 Å². The Morgan fingerprint density at radius 3 is 2.87 bits per heavy atom. The third-order valence-electron chi connectivity index (χ3n) is 3.92. The first-order valence-electron chi connectivity index (χ1n) is 7.58. The molecule has 1 aromatic carbocycles. The van der Waals surface area contributed by atoms with Crippen molar-refractivity contribution >= 4 is 6.03 Å². The monoisotopic (exact) mass is 317 g/mol. The van der Waals surface area contributed by atoms with Crippen LogP contribution in [0.25, 0.3) is 0 Å². The molecule has 23 heavy (non-hydrogen) atoms. The van der Waals surface area contributed by atoms with Crippen molar-refractivity contribution in [2.24, 2.45) is 0 Å². The predicted octanol–water partition coefficient (Wildman–Crippen LogP) is 2.21. The fourth-order valence-electron chi connectivity index (χ4n) is 2.36. The van der Waals surface area contributed by atoms with Crippen molar-refractivity contribution in [2.75, 3.05) is 14.2 Å². The molecule has 0 fully saturated rings. The van der Waals surface area contributed by atoms with Gasteiger partial charge in [0.05, 0.1) is 19.7 Å². The second-order valence-corrected chi connectivity index (χ2v) is 5.22. The number of carbonyl (C=O) groups is 1. The molecule has 0 saturated carbocycles. The molecule has 0 aliphatic rings. The van der Waals surface area contributed by atoms with Crippen molar-refractivity contribution < 1.29 is 9.53 Å². The van der Waals surface area contributed by atoms with Gasteiger partial charge in [0.25, 0.3) is 0 Å². The van der Waals surface area contributed by atoms with Crippen LogP contribution in [0.1, 0.15) is 31.3 Å². The number of para-hydroxylation sites is 1. The van der Waals surface area contributed by atoms with Crippen LogP contribution in [0.3, 0.4) is 0 Å². The molecule has 0 bridgehead atoms. The Balaban J connectivity index is 2.01. The van der Waals surface area contributed by atoms with Gasteiger partial charge in [0.2, 0.25) is 0 Å². The molecule has 1 aromatic heterocycles. The molecular formula is C16H23N5O2. The van der Waals surface area contributed by atoms with E-state index in [2.05, 4.69) is 15.5 Å². The van der Waals surface area contributed by atoms with Crippen molar-refractivity contribution in [1.82, 2.24) is 25.0 Å². The van der Waals surface area contributed by atoms with Crippen LogP contribution in [0.5, 0.6) is 5.75 Å². The largest absolute Gasteiger partial charge is 0.496 e. The summed E-state index contributed by atoms with van der Waals surface area (Å²) in [6, 6.07) is 7.41. The van der Waals surface area contributed by atoms with Crippen molar-refractivity contribution in [2.45, 2.75) is 33.0 Å². The van der Waals surface area contributed by atoms with Crippen LogP contribution in [0.4, 0.5) is 4.79 Å². The fourth-order valence-corrected chi connectivity index (χ4v) is 2.36. The minimum absolute atomic E-state index is 0.116. The van der Waals surface area contributed by atoms with E-state index >= 15 is 0 Å². The number of urea groups is 1. The number of rotatable bonds is 6. The van der Waals surface area contributed by atoms with E-state index in [4.69, 9.17) is 4.74 Å². The number of amides is 2. The summed E-state index contributed by atoms with van der Waals surface area (Å²) in [5.41, 5.74) is 0.962. The average molecular weight is 317 g/mol. The standard InChI is InChI=1S/C16H23N5O2/c1-5-21-11-18-19-15(21)10-17-16(22)20(3)12(2)13-8-6-7-9-14(13)23-4/h6-9,11-12H,5,10H2,1-4H3,(H,17,22)/t12-/m0/s1. The molecule has 0 aliphatic carbocycles. The third kappa shape index (κ3) is 3.80. The maximum atomic E-state index is 12.4. The average Bonchev–Trinajstić information content (AvgIpc) is 3.05. The number of hydrogen-bond donors (Lipinski definition) is 1. The van der Waals surface area contributed by atoms with E-state index in [1.807, 2.05) is 42.7 Å². The van der Waals surface area contributed by atoms with Gasteiger partial charge in [0, 0.05) is 19.2 Å². The van der Waals surface area contributed by atoms with Crippen LogP contribution < -0.4 is 10.1 Å². The molecule has 124 valence electrons. The molecule has 2 aromatic rings. The van der Waals surface area contributed by atoms with Crippen LogP contribution in [0.2, 0.25) is 0 Å². The highest BCUT2D eigenvalue weighted by Crippen LogP contribution is 2.27. The molecule has 0 aliphatic heterocycles. The van der Waals surface area contributed by atoms with Crippen LogP contribution in [-0.4, -0.2) is 39.9 Å². The first kappa shape index (κ1) is 16.8. The number of methoxy groups -OCH3 is 1. The number of ether oxygens (including phenoxy) is 1. The van der Waals surface area contributed by atoms with Gasteiger partial charge in [-0.25, -0.2) is 4.79 Å². The van der Waals surface area contributed by atoms with Gasteiger partial charge in [-0.05, 0) is 19.9 Å². The first-order valence-corrected chi connectivity index (χ1v) is 7.58. The van der Waals surface area contributed by atoms with Crippen molar-refractivity contribution in [1.29, 1.82) is 0 Å². The highest BCUT2D eigenvalue weighted by Gasteiger charge is 2.20. The number of benzene rings is 1. The van der Waals surface area contributed by atoms with E-state index < -0.39 is 0 Å². The van der Waals surface area contributed by atoms with Crippen LogP contribution >= 0.6 is 0 Å². The smallest absolute Gasteiger partial charge is 0.318 e. The van der Waals surface area contributed by atoms with Gasteiger partial charge in [-0.1, -0.05) is 18.2 Å². The zero-order valence-corrected chi connectivity index (χ0v) is 14.0. The Morgan fingerprint density at radius 1 is 1.43 bits per heavy atom. The summed E-state index contributed by atoms with van der Waals surface area (Å²) in [6.45, 7) is 5.08. The minimum atomic E-state index is -0.172. The fraction of sp³-hybridized carbons (Fsp3) is 0.438. The molecule has 0 radical (unpaired) electrons. The summed E-state index contributed by atoms with van der Waals surface area (Å²) in [4.78, 5) is 14.0. The Kier molecular flexibility index (Phi) is 5.56. The minimum Gasteiger partial charge on any atom is -0.496 e. The van der Waals surface area contributed by atoms with E-state index in [0.717, 1.165) is 23.7 Å². The van der Waals surface area contributed by atoms with Crippen molar-refractivity contribution in [3.05, 3.63) is 42.0 Å². The number of carbonyl (C=O) groups excluding carboxylic acids is 1. The van der Waals surface area contributed by atoms with Gasteiger partial charge < -0.3 is 19.5 Å². The van der Waals surface area contributed by atoms with Crippen LogP contribution in [0.15, 0.2) is 30.6 Å². The van der Waals surface area contributed by atoms with Gasteiger partial charge in [0.1, 0.15) is 12.1 Å². The molecule has 0 saturated heterocycles. The van der Waals surface area contributed by atoms with E-state index in [9.17, 15) is 4.79 Å². The molecule has 2 amide bonds. The third-order valence-corrected chi connectivity index (χ3v) is 3.92. The summed E-state index contributed by atoms with van der Waals surface area (Å²) in [6.07, 6.45) is 1.66. The summed E-state index contributed by atoms with van der Waals surface area (Å²) in [7, 11) is 3.39. The van der Waals surface area contributed by atoms with Gasteiger partial charge in [-0.2, -0.15) is 0 Å². The topological polar surface area (TPSA) is 72.3 Å². The van der Waals surface area contributed by atoms with E-state index in [0.29, 0.717) is 6.54 Å². The highest BCUT2D eigenvalue weighted by atomic mass is 16.5. The summed E-state index contributed by atoms with van der Waals surface area (Å²) >= 11 is 0. The molecule has 7 heteroatoms. The summed E-state index contributed by atoms with van der Waals surface area (Å²) in [5, 5.41) is 10.7. The normalized spacial score (nSPS) is 11.8. The molecular weight excluding hydrogens is 294 g/mol. The molecule has 7 nitrogen and oxygen atoms in total. The molecule has 1 atom stereocenters. The summed E-state index contributed by atoms with van der Waals surface area (Å²) < 4.78 is 7.26. The Morgan fingerprint density at radius 2 is 2.17 bits per heavy atom. The van der Waals surface area contributed by atoms with Gasteiger partial charge in [-0.15, -0.1) is 10.2 Å². The maximum absolute atomic E-state index is 12.4. The van der Waals surface area contributed by atoms with E-state index in [1.165, 1.54) is 0 Å². The first-order chi connectivity index (χ1) is 11.1. The van der Waals surface area contributed by atoms with Gasteiger partial charge in [-0.3, -0.25) is 0 Å². The SMILES string of the molecule is CCn1cnnc1CNC(=O)N(C)[C@@H](C)c1ccccc1OC. The molecule has 1 N–H and O–H groups in total. The van der Waals surface area contributed by atoms with Crippen molar-refractivity contribution in [3.63, 3.8) is 0 Å². The van der Waals surface area contributed by atoms with Gasteiger partial charge in [0.15, 0.2) is 5.82 Å². The zero-order chi connectivity index (χ0) is 16.8. The lowest BCUT2D eigenvalue weighted by Crippen LogP contribution is -2.39. The lowest BCUT2D eigenvalue weighted by molar-refractivity contribution is 0.192. The Bertz CT molecular complexity index is 655. The number of nitrogens with zero attached hydrogens (tertiary/aromatic N) is 4. The predicted molar refractivity (Wildman–Crippen MR) is 87.1 cm³/mol. The number of aromatic nitrogens is 3. The molecule has 1 heterocycles. The van der Waals surface area contributed by atoms with E-state index in [-0.39, 0.29) is 12.1 Å². The number of nitrogens with one attached hydrogen (secondary N) is 1. The summed E-state index contributed by atoms with van der Waals surface area (Å²) in [5.74, 6) is 1.50. The quantitative estimate of drug-likeness (QED) is 0.886. The second-order valence-electron chi connectivity index (χ2n) is 5.22. The Hall–Kier alpha value is -2.57.